The van der Waals surface area contributed by atoms with Crippen molar-refractivity contribution in [3.63, 3.8) is 0 Å². The third-order valence-electron chi connectivity index (χ3n) is 3.83. The number of hydrogen-bond donors (Lipinski definition) is 1. The van der Waals surface area contributed by atoms with Gasteiger partial charge in [0.2, 0.25) is 5.91 Å². The van der Waals surface area contributed by atoms with Crippen LogP contribution in [0.25, 0.3) is 0 Å². The van der Waals surface area contributed by atoms with Crippen molar-refractivity contribution in [2.24, 2.45) is 0 Å². The molecule has 1 heterocycles. The lowest BCUT2D eigenvalue weighted by molar-refractivity contribution is -0.142. The monoisotopic (exact) mass is 426 g/mol. The van der Waals surface area contributed by atoms with Crippen LogP contribution in [0.5, 0.6) is 0 Å². The van der Waals surface area contributed by atoms with Crippen LogP contribution in [0.4, 0.5) is 5.69 Å². The van der Waals surface area contributed by atoms with Gasteiger partial charge in [0, 0.05) is 16.1 Å². The number of carbonyl (C=O) groups is 2. The molecule has 0 aliphatic rings. The fourth-order valence-electron chi connectivity index (χ4n) is 2.57. The number of nitrogens with zero attached hydrogens (tertiary/aromatic N) is 1. The van der Waals surface area contributed by atoms with E-state index in [9.17, 15) is 9.59 Å². The normalized spacial score (nSPS) is 10.7. The van der Waals surface area contributed by atoms with Crippen LogP contribution in [-0.2, 0) is 33.6 Å². The first kappa shape index (κ1) is 21.7. The Morgan fingerprint density at radius 3 is 2.70 bits per heavy atom. The van der Waals surface area contributed by atoms with Gasteiger partial charge in [-0.25, -0.2) is 4.98 Å². The lowest BCUT2D eigenvalue weighted by atomic mass is 10.0. The van der Waals surface area contributed by atoms with Gasteiger partial charge in [-0.1, -0.05) is 43.3 Å². The number of nitrogens with one attached hydrogen (secondary N) is 1. The average molecular weight is 427 g/mol. The molecule has 5 nitrogen and oxygen atoms in total. The summed E-state index contributed by atoms with van der Waals surface area (Å²) in [5.41, 5.74) is 3.51. The maximum atomic E-state index is 12.4. The van der Waals surface area contributed by atoms with Crippen molar-refractivity contribution in [3.05, 3.63) is 39.4 Å². The number of aromatic nitrogens is 1. The molecule has 1 N–H and O–H groups in total. The minimum Gasteiger partial charge on any atom is -0.466 e. The maximum Gasteiger partial charge on any atom is 0.311 e. The van der Waals surface area contributed by atoms with Crippen molar-refractivity contribution in [2.45, 2.75) is 44.4 Å². The van der Waals surface area contributed by atoms with Crippen LogP contribution in [0.3, 0.4) is 0 Å². The number of carbonyl (C=O) groups excluding carboxylic acids is 2. The molecule has 27 heavy (non-hydrogen) atoms. The highest BCUT2D eigenvalue weighted by atomic mass is 35.5. The van der Waals surface area contributed by atoms with Crippen LogP contribution in [0.1, 0.15) is 37.6 Å². The van der Waals surface area contributed by atoms with Crippen LogP contribution in [0.2, 0.25) is 5.02 Å². The number of benzene rings is 1. The predicted molar refractivity (Wildman–Crippen MR) is 112 cm³/mol. The molecular weight excluding hydrogens is 404 g/mol. The Bertz CT molecular complexity index is 808. The molecule has 0 bridgehead atoms. The van der Waals surface area contributed by atoms with E-state index in [4.69, 9.17) is 16.3 Å². The Labute approximate surface area is 172 Å². The zero-order chi connectivity index (χ0) is 19.8. The number of hydrogen-bond acceptors (Lipinski definition) is 6. The van der Waals surface area contributed by atoms with Gasteiger partial charge < -0.3 is 10.1 Å². The summed E-state index contributed by atoms with van der Waals surface area (Å²) in [5, 5.41) is 5.49. The Balaban J connectivity index is 1.97. The molecule has 2 aromatic rings. The second-order valence-electron chi connectivity index (χ2n) is 5.69. The molecule has 0 unspecified atom stereocenters. The molecule has 2 rings (SSSR count). The van der Waals surface area contributed by atoms with Crippen molar-refractivity contribution in [3.8, 4) is 0 Å². The molecule has 0 spiro atoms. The number of halogens is 1. The lowest BCUT2D eigenvalue weighted by Gasteiger charge is -2.15. The maximum absolute atomic E-state index is 12.4. The summed E-state index contributed by atoms with van der Waals surface area (Å²) in [4.78, 5) is 28.3. The number of anilines is 1. The molecule has 1 aromatic carbocycles. The van der Waals surface area contributed by atoms with Crippen molar-refractivity contribution >= 4 is 52.3 Å². The molecule has 0 radical (unpaired) electrons. The minimum atomic E-state index is -0.294. The number of amides is 1. The molecule has 1 aromatic heterocycles. The van der Waals surface area contributed by atoms with Gasteiger partial charge in [-0.15, -0.1) is 11.3 Å². The molecule has 1 amide bonds. The van der Waals surface area contributed by atoms with E-state index < -0.39 is 0 Å². The molecule has 146 valence electrons. The number of aryl methyl sites for hydroxylation is 1. The molecule has 0 aliphatic carbocycles. The first-order valence-electron chi connectivity index (χ1n) is 8.81. The summed E-state index contributed by atoms with van der Waals surface area (Å²) in [6.45, 7) is 6.19. The summed E-state index contributed by atoms with van der Waals surface area (Å²) in [5.74, 6) is -0.156. The van der Waals surface area contributed by atoms with Crippen molar-refractivity contribution in [1.29, 1.82) is 0 Å². The fourth-order valence-corrected chi connectivity index (χ4v) is 4.50. The van der Waals surface area contributed by atoms with Crippen LogP contribution in [0.15, 0.2) is 21.9 Å². The molecule has 0 atom stereocenters. The van der Waals surface area contributed by atoms with E-state index in [2.05, 4.69) is 10.3 Å². The summed E-state index contributed by atoms with van der Waals surface area (Å²) in [6, 6.07) is 3.83. The van der Waals surface area contributed by atoms with E-state index >= 15 is 0 Å². The highest BCUT2D eigenvalue weighted by molar-refractivity contribution is 8.01. The van der Waals surface area contributed by atoms with E-state index in [1.54, 1.807) is 6.92 Å². The van der Waals surface area contributed by atoms with Gasteiger partial charge in [-0.3, -0.25) is 9.59 Å². The third-order valence-corrected chi connectivity index (χ3v) is 6.25. The fraction of sp³-hybridized carbons (Fsp3) is 0.421. The molecule has 0 saturated carbocycles. The van der Waals surface area contributed by atoms with Crippen molar-refractivity contribution in [2.75, 3.05) is 17.7 Å². The Hall–Kier alpha value is -1.57. The quantitative estimate of drug-likeness (QED) is 0.462. The molecular formula is C19H23ClN2O3S2. The molecule has 0 aliphatic heterocycles. The summed E-state index contributed by atoms with van der Waals surface area (Å²) in [6.07, 6.45) is 1.72. The second kappa shape index (κ2) is 10.7. The zero-order valence-electron chi connectivity index (χ0n) is 15.6. The summed E-state index contributed by atoms with van der Waals surface area (Å²) >= 11 is 9.05. The van der Waals surface area contributed by atoms with E-state index in [-0.39, 0.29) is 24.1 Å². The Morgan fingerprint density at radius 2 is 2.04 bits per heavy atom. The Kier molecular flexibility index (Phi) is 8.60. The highest BCUT2D eigenvalue weighted by Gasteiger charge is 2.14. The van der Waals surface area contributed by atoms with Gasteiger partial charge in [0.1, 0.15) is 0 Å². The van der Waals surface area contributed by atoms with Crippen LogP contribution in [-0.4, -0.2) is 29.2 Å². The third kappa shape index (κ3) is 6.23. The average Bonchev–Trinajstić information content (AvgIpc) is 3.08. The minimum absolute atomic E-state index is 0.103. The van der Waals surface area contributed by atoms with Gasteiger partial charge >= 0.3 is 5.97 Å². The van der Waals surface area contributed by atoms with E-state index in [0.29, 0.717) is 17.3 Å². The van der Waals surface area contributed by atoms with Gasteiger partial charge in [0.05, 0.1) is 24.5 Å². The van der Waals surface area contributed by atoms with Gasteiger partial charge in [0.15, 0.2) is 4.34 Å². The SMILES string of the molecule is CCOC(=O)Cc1csc(SCC(=O)Nc2c(CC)ccc(Cl)c2CC)n1. The van der Waals surface area contributed by atoms with Gasteiger partial charge in [-0.2, -0.15) is 0 Å². The first-order chi connectivity index (χ1) is 13.0. The number of rotatable bonds is 9. The number of esters is 1. The molecule has 8 heteroatoms. The lowest BCUT2D eigenvalue weighted by Crippen LogP contribution is -2.17. The van der Waals surface area contributed by atoms with E-state index in [1.807, 2.05) is 31.4 Å². The van der Waals surface area contributed by atoms with Crippen LogP contribution < -0.4 is 5.32 Å². The van der Waals surface area contributed by atoms with Gasteiger partial charge in [-0.05, 0) is 37.0 Å². The number of thioether (sulfide) groups is 1. The number of ether oxygens (including phenoxy) is 1. The van der Waals surface area contributed by atoms with E-state index in [0.717, 1.165) is 34.0 Å². The predicted octanol–water partition coefficient (Wildman–Crippen LogP) is 4.76. The largest absolute Gasteiger partial charge is 0.466 e. The van der Waals surface area contributed by atoms with Crippen molar-refractivity contribution in [1.82, 2.24) is 4.98 Å². The smallest absolute Gasteiger partial charge is 0.311 e. The standard InChI is InChI=1S/C19H23ClN2O3S2/c1-4-12-7-8-15(20)14(5-2)18(12)22-16(23)11-27-19-21-13(10-26-19)9-17(24)25-6-3/h7-8,10H,4-6,9,11H2,1-3H3,(H,22,23). The van der Waals surface area contributed by atoms with Crippen LogP contribution >= 0.6 is 34.7 Å². The number of thiazole rings is 1. The van der Waals surface area contributed by atoms with Crippen LogP contribution in [0, 0.1) is 0 Å². The van der Waals surface area contributed by atoms with Gasteiger partial charge in [0.25, 0.3) is 0 Å². The van der Waals surface area contributed by atoms with E-state index in [1.165, 1.54) is 23.1 Å². The first-order valence-corrected chi connectivity index (χ1v) is 11.1. The zero-order valence-corrected chi connectivity index (χ0v) is 18.0. The topological polar surface area (TPSA) is 68.3 Å². The summed E-state index contributed by atoms with van der Waals surface area (Å²) < 4.78 is 5.67. The second-order valence-corrected chi connectivity index (χ2v) is 8.18. The highest BCUT2D eigenvalue weighted by Crippen LogP contribution is 2.30. The van der Waals surface area contributed by atoms with Crippen molar-refractivity contribution < 1.29 is 14.3 Å². The summed E-state index contributed by atoms with van der Waals surface area (Å²) in [7, 11) is 0. The molecule has 0 fully saturated rings. The Morgan fingerprint density at radius 1 is 1.26 bits per heavy atom. The molecule has 0 saturated heterocycles.